The standard InChI is InChI=1S/C29H32ClFN4O3S/c30-25-10-11-26(39-25)34-28(38)35-16-19(17-36)14-24(35)27(37)33-23-15-21(8-9-22(23)31)29(32,13-12-18-6-7-18)20-4-2-1-3-5-20/h1-5,8-11,15,18-19,24,36H,6-7,12-14,16-17,32H2,(H,33,37)(H,34,38)/t19-,24-,29?/m1/s1. The van der Waals surface area contributed by atoms with Gasteiger partial charge in [0.25, 0.3) is 0 Å². The van der Waals surface area contributed by atoms with Crippen LogP contribution < -0.4 is 16.4 Å². The van der Waals surface area contributed by atoms with E-state index in [0.29, 0.717) is 27.2 Å². The highest BCUT2D eigenvalue weighted by Crippen LogP contribution is 2.40. The second-order valence-electron chi connectivity index (χ2n) is 10.5. The molecule has 3 amide bonds. The fourth-order valence-corrected chi connectivity index (χ4v) is 6.16. The first-order valence-corrected chi connectivity index (χ1v) is 14.4. The average molecular weight is 571 g/mol. The fourth-order valence-electron chi connectivity index (χ4n) is 5.23. The van der Waals surface area contributed by atoms with Crippen molar-refractivity contribution in [3.05, 3.63) is 81.9 Å². The third-order valence-corrected chi connectivity index (χ3v) is 8.83. The highest BCUT2D eigenvalue weighted by molar-refractivity contribution is 7.20. The van der Waals surface area contributed by atoms with E-state index in [1.165, 1.54) is 35.1 Å². The zero-order valence-corrected chi connectivity index (χ0v) is 23.0. The van der Waals surface area contributed by atoms with Gasteiger partial charge < -0.3 is 21.1 Å². The molecule has 2 aromatic carbocycles. The summed E-state index contributed by atoms with van der Waals surface area (Å²) in [5.41, 5.74) is 7.82. The molecule has 7 nitrogen and oxygen atoms in total. The average Bonchev–Trinajstić information content (AvgIpc) is 3.52. The molecule has 0 bridgehead atoms. The van der Waals surface area contributed by atoms with Gasteiger partial charge in [-0.25, -0.2) is 9.18 Å². The number of hydrogen-bond donors (Lipinski definition) is 4. The number of rotatable bonds is 9. The summed E-state index contributed by atoms with van der Waals surface area (Å²) in [6.45, 7) is 0.0269. The Kier molecular flexibility index (Phi) is 8.23. The number of urea groups is 1. The lowest BCUT2D eigenvalue weighted by Crippen LogP contribution is -2.45. The third-order valence-electron chi connectivity index (χ3n) is 7.68. The Morgan fingerprint density at radius 2 is 1.85 bits per heavy atom. The number of benzene rings is 2. The van der Waals surface area contributed by atoms with Crippen LogP contribution in [0.25, 0.3) is 0 Å². The molecule has 0 radical (unpaired) electrons. The number of nitrogens with one attached hydrogen (secondary N) is 2. The quantitative estimate of drug-likeness (QED) is 0.261. The lowest BCUT2D eigenvalue weighted by Gasteiger charge is -2.32. The highest BCUT2D eigenvalue weighted by Gasteiger charge is 2.40. The number of nitrogens with zero attached hydrogens (tertiary/aromatic N) is 1. The predicted octanol–water partition coefficient (Wildman–Crippen LogP) is 5.79. The van der Waals surface area contributed by atoms with Crippen LogP contribution in [0.4, 0.5) is 19.9 Å². The van der Waals surface area contributed by atoms with Crippen LogP contribution in [0.2, 0.25) is 4.34 Å². The number of thiophene rings is 1. The molecule has 2 heterocycles. The Labute approximate surface area is 236 Å². The third kappa shape index (κ3) is 6.27. The van der Waals surface area contributed by atoms with Crippen LogP contribution >= 0.6 is 22.9 Å². The molecule has 1 aromatic heterocycles. The maximum atomic E-state index is 15.0. The van der Waals surface area contributed by atoms with Gasteiger partial charge in [0.2, 0.25) is 5.91 Å². The maximum absolute atomic E-state index is 15.0. The summed E-state index contributed by atoms with van der Waals surface area (Å²) in [6.07, 6.45) is 4.33. The number of likely N-dealkylation sites (tertiary alicyclic amines) is 1. The smallest absolute Gasteiger partial charge is 0.323 e. The first kappa shape index (κ1) is 27.6. The summed E-state index contributed by atoms with van der Waals surface area (Å²) >= 11 is 7.17. The monoisotopic (exact) mass is 570 g/mol. The van der Waals surface area contributed by atoms with Crippen molar-refractivity contribution in [1.29, 1.82) is 0 Å². The number of hydrogen-bond acceptors (Lipinski definition) is 5. The Morgan fingerprint density at radius 3 is 2.51 bits per heavy atom. The lowest BCUT2D eigenvalue weighted by atomic mass is 9.79. The number of carbonyl (C=O) groups is 2. The zero-order chi connectivity index (χ0) is 27.6. The van der Waals surface area contributed by atoms with Crippen LogP contribution in [0, 0.1) is 17.7 Å². The van der Waals surface area contributed by atoms with E-state index in [1.54, 1.807) is 24.3 Å². The lowest BCUT2D eigenvalue weighted by molar-refractivity contribution is -0.119. The molecule has 3 atom stereocenters. The van der Waals surface area contributed by atoms with Crippen molar-refractivity contribution in [2.75, 3.05) is 23.8 Å². The number of halogens is 2. The topological polar surface area (TPSA) is 108 Å². The van der Waals surface area contributed by atoms with E-state index in [1.807, 2.05) is 30.3 Å². The van der Waals surface area contributed by atoms with Gasteiger partial charge in [0, 0.05) is 19.1 Å². The van der Waals surface area contributed by atoms with Crippen molar-refractivity contribution >= 4 is 45.6 Å². The predicted molar refractivity (Wildman–Crippen MR) is 152 cm³/mol. The van der Waals surface area contributed by atoms with E-state index in [2.05, 4.69) is 10.6 Å². The van der Waals surface area contributed by atoms with Crippen LogP contribution in [-0.4, -0.2) is 41.1 Å². The van der Waals surface area contributed by atoms with E-state index in [-0.39, 0.29) is 31.2 Å². The number of amides is 3. The normalized spacial score (nSPS) is 20.5. The summed E-state index contributed by atoms with van der Waals surface area (Å²) in [4.78, 5) is 27.8. The molecule has 0 spiro atoms. The summed E-state index contributed by atoms with van der Waals surface area (Å²) in [7, 11) is 0. The van der Waals surface area contributed by atoms with Crippen LogP contribution in [0.15, 0.2) is 60.7 Å². The van der Waals surface area contributed by atoms with Gasteiger partial charge in [0.05, 0.1) is 20.6 Å². The molecular formula is C29H32ClFN4O3S. The Balaban J connectivity index is 1.37. The number of anilines is 2. The molecule has 1 aliphatic heterocycles. The van der Waals surface area contributed by atoms with Gasteiger partial charge in [-0.3, -0.25) is 10.1 Å². The van der Waals surface area contributed by atoms with Crippen LogP contribution in [0.5, 0.6) is 0 Å². The summed E-state index contributed by atoms with van der Waals surface area (Å²) < 4.78 is 15.5. The number of aliphatic hydroxyl groups is 1. The van der Waals surface area contributed by atoms with E-state index in [0.717, 1.165) is 12.0 Å². The van der Waals surface area contributed by atoms with Crippen LogP contribution in [-0.2, 0) is 10.3 Å². The molecule has 1 saturated carbocycles. The molecule has 1 aliphatic carbocycles. The van der Waals surface area contributed by atoms with Crippen molar-refractivity contribution in [2.45, 2.75) is 43.7 Å². The van der Waals surface area contributed by atoms with Crippen molar-refractivity contribution < 1.29 is 19.1 Å². The van der Waals surface area contributed by atoms with Gasteiger partial charge in [-0.15, -0.1) is 11.3 Å². The van der Waals surface area contributed by atoms with Gasteiger partial charge in [-0.1, -0.05) is 60.8 Å². The van der Waals surface area contributed by atoms with Crippen molar-refractivity contribution in [3.8, 4) is 0 Å². The minimum atomic E-state index is -0.882. The van der Waals surface area contributed by atoms with Gasteiger partial charge in [0.15, 0.2) is 0 Å². The van der Waals surface area contributed by atoms with Gasteiger partial charge in [0.1, 0.15) is 11.9 Å². The van der Waals surface area contributed by atoms with Crippen LogP contribution in [0.1, 0.15) is 43.2 Å². The van der Waals surface area contributed by atoms with Gasteiger partial charge in [-0.2, -0.15) is 0 Å². The Morgan fingerprint density at radius 1 is 1.08 bits per heavy atom. The zero-order valence-electron chi connectivity index (χ0n) is 21.4. The SMILES string of the molecule is NC(CCC1CC1)(c1ccccc1)c1ccc(F)c(NC(=O)[C@H]2C[C@@H](CO)CN2C(=O)Nc2ccc(Cl)s2)c1. The van der Waals surface area contributed by atoms with Gasteiger partial charge in [-0.05, 0) is 60.6 Å². The van der Waals surface area contributed by atoms with E-state index >= 15 is 4.39 Å². The van der Waals surface area contributed by atoms with E-state index < -0.39 is 29.3 Å². The molecular weight excluding hydrogens is 539 g/mol. The molecule has 2 aliphatic rings. The molecule has 39 heavy (non-hydrogen) atoms. The molecule has 5 rings (SSSR count). The van der Waals surface area contributed by atoms with Crippen molar-refractivity contribution in [2.24, 2.45) is 17.6 Å². The Hall–Kier alpha value is -2.98. The second-order valence-corrected chi connectivity index (χ2v) is 12.2. The first-order valence-electron chi connectivity index (χ1n) is 13.2. The van der Waals surface area contributed by atoms with Crippen molar-refractivity contribution in [1.82, 2.24) is 4.90 Å². The van der Waals surface area contributed by atoms with Crippen LogP contribution in [0.3, 0.4) is 0 Å². The first-order chi connectivity index (χ1) is 18.8. The van der Waals surface area contributed by atoms with E-state index in [9.17, 15) is 14.7 Å². The number of nitrogens with two attached hydrogens (primary N) is 1. The maximum Gasteiger partial charge on any atom is 0.323 e. The molecule has 3 aromatic rings. The number of carbonyl (C=O) groups excluding carboxylic acids is 2. The minimum absolute atomic E-state index is 0.00697. The molecule has 5 N–H and O–H groups in total. The highest BCUT2D eigenvalue weighted by atomic mass is 35.5. The summed E-state index contributed by atoms with van der Waals surface area (Å²) in [5, 5.41) is 15.7. The Bertz CT molecular complexity index is 1340. The summed E-state index contributed by atoms with van der Waals surface area (Å²) in [6, 6.07) is 16.3. The molecule has 1 saturated heterocycles. The van der Waals surface area contributed by atoms with Gasteiger partial charge >= 0.3 is 6.03 Å². The fraction of sp³-hybridized carbons (Fsp3) is 0.379. The van der Waals surface area contributed by atoms with Crippen molar-refractivity contribution in [3.63, 3.8) is 0 Å². The second kappa shape index (κ2) is 11.6. The number of aliphatic hydroxyl groups excluding tert-OH is 1. The van der Waals surface area contributed by atoms with E-state index in [4.69, 9.17) is 17.3 Å². The molecule has 206 valence electrons. The summed E-state index contributed by atoms with van der Waals surface area (Å²) in [5.74, 6) is -0.723. The molecule has 10 heteroatoms. The minimum Gasteiger partial charge on any atom is -0.396 e. The molecule has 2 fully saturated rings. The largest absolute Gasteiger partial charge is 0.396 e. The molecule has 1 unspecified atom stereocenters.